The molecule has 0 fully saturated rings. The smallest absolute Gasteiger partial charge is 0.0106 e. The van der Waals surface area contributed by atoms with Crippen LogP contribution in [-0.4, -0.2) is 50.6 Å². The summed E-state index contributed by atoms with van der Waals surface area (Å²) < 4.78 is 0. The van der Waals surface area contributed by atoms with E-state index in [1.54, 1.807) is 0 Å². The molecule has 0 unspecified atom stereocenters. The average Bonchev–Trinajstić information content (AvgIpc) is 2.70. The van der Waals surface area contributed by atoms with Gasteiger partial charge in [-0.3, -0.25) is 0 Å². The van der Waals surface area contributed by atoms with E-state index in [1.165, 1.54) is 148 Å². The normalized spacial score (nSPS) is 11.8. The number of hydrogen-bond acceptors (Lipinski definition) is 2. The van der Waals surface area contributed by atoms with Gasteiger partial charge >= 0.3 is 0 Å². The number of nitrogens with zero attached hydrogens (tertiary/aromatic N) is 2. The van der Waals surface area contributed by atoms with Crippen molar-refractivity contribution in [1.82, 2.24) is 9.80 Å². The van der Waals surface area contributed by atoms with Crippen LogP contribution in [0.15, 0.2) is 0 Å². The summed E-state index contributed by atoms with van der Waals surface area (Å²) >= 11 is 0. The molecule has 2 nitrogen and oxygen atoms in total. The first-order chi connectivity index (χ1) is 14.2. The van der Waals surface area contributed by atoms with E-state index in [4.69, 9.17) is 0 Å². The van der Waals surface area contributed by atoms with Crippen LogP contribution in [-0.2, 0) is 0 Å². The Balaban J connectivity index is 3.06. The van der Waals surface area contributed by atoms with Gasteiger partial charge in [0, 0.05) is 13.1 Å². The van der Waals surface area contributed by atoms with Gasteiger partial charge in [-0.1, -0.05) is 129 Å². The highest BCUT2D eigenvalue weighted by atomic mass is 15.1. The molecule has 176 valence electrons. The molecule has 0 atom stereocenters. The maximum atomic E-state index is 2.48. The van der Waals surface area contributed by atoms with Crippen molar-refractivity contribution in [2.75, 3.05) is 40.8 Å². The molecule has 0 spiro atoms. The Morgan fingerprint density at radius 2 is 0.655 bits per heavy atom. The Morgan fingerprint density at radius 3 is 0.966 bits per heavy atom. The number of likely N-dealkylation sites (N-methyl/N-ethyl adjacent to an activating group) is 2. The Morgan fingerprint density at radius 1 is 0.345 bits per heavy atom. The van der Waals surface area contributed by atoms with Gasteiger partial charge in [0.2, 0.25) is 0 Å². The second-order valence-corrected chi connectivity index (χ2v) is 9.82. The predicted molar refractivity (Wildman–Crippen MR) is 134 cm³/mol. The van der Waals surface area contributed by atoms with Gasteiger partial charge in [-0.05, 0) is 34.1 Å². The van der Waals surface area contributed by atoms with Crippen LogP contribution in [0.1, 0.15) is 135 Å². The van der Waals surface area contributed by atoms with E-state index >= 15 is 0 Å². The van der Waals surface area contributed by atoms with Crippen molar-refractivity contribution >= 4 is 0 Å². The molecule has 0 heterocycles. The van der Waals surface area contributed by atoms with Gasteiger partial charge in [0.25, 0.3) is 0 Å². The molecule has 0 bridgehead atoms. The summed E-state index contributed by atoms with van der Waals surface area (Å²) in [5.74, 6) is 0. The largest absolute Gasteiger partial charge is 0.308 e. The van der Waals surface area contributed by atoms with Crippen molar-refractivity contribution in [3.8, 4) is 0 Å². The number of unbranched alkanes of at least 4 members (excludes halogenated alkanes) is 19. The summed E-state index contributed by atoms with van der Waals surface area (Å²) in [5.41, 5.74) is 0. The molecule has 0 saturated carbocycles. The van der Waals surface area contributed by atoms with Crippen molar-refractivity contribution in [2.24, 2.45) is 0 Å². The van der Waals surface area contributed by atoms with Gasteiger partial charge in [-0.25, -0.2) is 0 Å². The Hall–Kier alpha value is -0.0800. The first kappa shape index (κ1) is 28.9. The van der Waals surface area contributed by atoms with Gasteiger partial charge in [-0.2, -0.15) is 0 Å². The maximum absolute atomic E-state index is 2.48. The molecular formula is C27H58N2. The van der Waals surface area contributed by atoms with Crippen molar-refractivity contribution in [3.63, 3.8) is 0 Å². The summed E-state index contributed by atoms with van der Waals surface area (Å²) in [7, 11) is 6.58. The Labute approximate surface area is 186 Å². The third-order valence-electron chi connectivity index (χ3n) is 6.32. The zero-order chi connectivity index (χ0) is 21.4. The molecule has 2 heteroatoms. The zero-order valence-corrected chi connectivity index (χ0v) is 21.2. The second kappa shape index (κ2) is 24.2. The highest BCUT2D eigenvalue weighted by molar-refractivity contribution is 4.55. The van der Waals surface area contributed by atoms with Crippen molar-refractivity contribution in [3.05, 3.63) is 0 Å². The third-order valence-corrected chi connectivity index (χ3v) is 6.32. The van der Waals surface area contributed by atoms with Crippen LogP contribution >= 0.6 is 0 Å². The molecule has 0 aromatic heterocycles. The molecule has 0 aliphatic carbocycles. The van der Waals surface area contributed by atoms with Gasteiger partial charge in [0.1, 0.15) is 0 Å². The lowest BCUT2D eigenvalue weighted by Crippen LogP contribution is -2.29. The van der Waals surface area contributed by atoms with Crippen molar-refractivity contribution in [1.29, 1.82) is 0 Å². The fraction of sp³-hybridized carbons (Fsp3) is 1.00. The summed E-state index contributed by atoms with van der Waals surface area (Å²) in [6.07, 6.45) is 29.2. The van der Waals surface area contributed by atoms with E-state index in [9.17, 15) is 0 Å². The minimum Gasteiger partial charge on any atom is -0.308 e. The molecule has 0 aromatic rings. The summed E-state index contributed by atoms with van der Waals surface area (Å²) in [6.45, 7) is 5.95. The first-order valence-corrected chi connectivity index (χ1v) is 13.5. The van der Waals surface area contributed by atoms with E-state index in [1.807, 2.05) is 0 Å². The molecule has 0 N–H and O–H groups in total. The van der Waals surface area contributed by atoms with Gasteiger partial charge in [0.05, 0.1) is 0 Å². The standard InChI is InChI=1S/C27H58N2/c1-5-6-7-8-9-10-11-12-13-14-15-16-17-18-19-20-21-22-23-24-25-29(4)27-26-28(2)3/h5-27H2,1-4H3. The zero-order valence-electron chi connectivity index (χ0n) is 21.2. The molecule has 0 aliphatic rings. The average molecular weight is 411 g/mol. The van der Waals surface area contributed by atoms with Crippen LogP contribution in [0.5, 0.6) is 0 Å². The topological polar surface area (TPSA) is 6.48 Å². The van der Waals surface area contributed by atoms with Gasteiger partial charge < -0.3 is 9.80 Å². The molecular weight excluding hydrogens is 352 g/mol. The lowest BCUT2D eigenvalue weighted by atomic mass is 10.0. The molecule has 0 saturated heterocycles. The molecule has 0 amide bonds. The molecule has 0 radical (unpaired) electrons. The highest BCUT2D eigenvalue weighted by Gasteiger charge is 1.99. The number of hydrogen-bond donors (Lipinski definition) is 0. The second-order valence-electron chi connectivity index (χ2n) is 9.82. The fourth-order valence-electron chi connectivity index (χ4n) is 4.12. The molecule has 29 heavy (non-hydrogen) atoms. The van der Waals surface area contributed by atoms with Crippen LogP contribution in [0, 0.1) is 0 Å². The first-order valence-electron chi connectivity index (χ1n) is 13.5. The highest BCUT2D eigenvalue weighted by Crippen LogP contribution is 2.14. The van der Waals surface area contributed by atoms with Crippen molar-refractivity contribution < 1.29 is 0 Å². The van der Waals surface area contributed by atoms with Crippen LogP contribution in [0.3, 0.4) is 0 Å². The van der Waals surface area contributed by atoms with E-state index in [0.29, 0.717) is 0 Å². The van der Waals surface area contributed by atoms with Crippen LogP contribution < -0.4 is 0 Å². The minimum absolute atomic E-state index is 1.18. The van der Waals surface area contributed by atoms with E-state index in [0.717, 1.165) is 0 Å². The minimum atomic E-state index is 1.18. The summed E-state index contributed by atoms with van der Waals surface area (Å²) in [4.78, 5) is 4.75. The molecule has 0 aromatic carbocycles. The van der Waals surface area contributed by atoms with E-state index < -0.39 is 0 Å². The maximum Gasteiger partial charge on any atom is 0.0106 e. The van der Waals surface area contributed by atoms with E-state index in [2.05, 4.69) is 37.9 Å². The monoisotopic (exact) mass is 410 g/mol. The van der Waals surface area contributed by atoms with Crippen molar-refractivity contribution in [2.45, 2.75) is 135 Å². The van der Waals surface area contributed by atoms with Crippen LogP contribution in [0.2, 0.25) is 0 Å². The third kappa shape index (κ3) is 25.9. The van der Waals surface area contributed by atoms with Gasteiger partial charge in [0.15, 0.2) is 0 Å². The number of rotatable bonds is 24. The van der Waals surface area contributed by atoms with E-state index in [-0.39, 0.29) is 0 Å². The van der Waals surface area contributed by atoms with Crippen LogP contribution in [0.4, 0.5) is 0 Å². The fourth-order valence-corrected chi connectivity index (χ4v) is 4.12. The Bertz CT molecular complexity index is 290. The van der Waals surface area contributed by atoms with Crippen LogP contribution in [0.25, 0.3) is 0 Å². The Kier molecular flexibility index (Phi) is 24.1. The lowest BCUT2D eigenvalue weighted by Gasteiger charge is -2.19. The summed E-state index contributed by atoms with van der Waals surface area (Å²) in [5, 5.41) is 0. The SMILES string of the molecule is CCCCCCCCCCCCCCCCCCCCCCN(C)CCN(C)C. The van der Waals surface area contributed by atoms with Gasteiger partial charge in [-0.15, -0.1) is 0 Å². The summed E-state index contributed by atoms with van der Waals surface area (Å²) in [6, 6.07) is 0. The quantitative estimate of drug-likeness (QED) is 0.148. The molecule has 0 rings (SSSR count). The lowest BCUT2D eigenvalue weighted by molar-refractivity contribution is 0.277. The molecule has 0 aliphatic heterocycles. The predicted octanol–water partition coefficient (Wildman–Crippen LogP) is 8.30.